The molecule has 3 atom stereocenters. The Kier molecular flexibility index (Phi) is 7.61. The third-order valence-corrected chi connectivity index (χ3v) is 9.65. The first-order valence-electron chi connectivity index (χ1n) is 15.8. The second kappa shape index (κ2) is 11.5. The van der Waals surface area contributed by atoms with E-state index >= 15 is 0 Å². The number of alkyl halides is 3. The normalized spacial score (nSPS) is 20.2. The molecule has 2 amide bonds. The Balaban J connectivity index is 1.19. The van der Waals surface area contributed by atoms with Crippen LogP contribution in [0.5, 0.6) is 0 Å². The van der Waals surface area contributed by atoms with Crippen molar-refractivity contribution in [2.75, 3.05) is 12.4 Å². The number of anilines is 1. The van der Waals surface area contributed by atoms with Crippen molar-refractivity contribution in [3.05, 3.63) is 77.0 Å². The second-order valence-corrected chi connectivity index (χ2v) is 13.4. The lowest BCUT2D eigenvalue weighted by Crippen LogP contribution is -2.46. The highest BCUT2D eigenvalue weighted by atomic mass is 19.4. The molecule has 1 aliphatic carbocycles. The topological polar surface area (TPSA) is 124 Å². The number of benzene rings is 1. The number of likely N-dealkylation sites (tertiary alicyclic amines) is 1. The summed E-state index contributed by atoms with van der Waals surface area (Å²) in [5.41, 5.74) is 4.03. The Bertz CT molecular complexity index is 2190. The summed E-state index contributed by atoms with van der Waals surface area (Å²) in [6.45, 7) is 7.05. The molecule has 11 nitrogen and oxygen atoms in total. The fraction of sp³-hybridized carbons (Fsp3) is 0.371. The minimum absolute atomic E-state index is 0.0668. The summed E-state index contributed by atoms with van der Waals surface area (Å²) in [7, 11) is 1.39. The lowest BCUT2D eigenvalue weighted by atomic mass is 10.0. The van der Waals surface area contributed by atoms with Gasteiger partial charge in [-0.15, -0.1) is 0 Å². The average molecular weight is 674 g/mol. The van der Waals surface area contributed by atoms with Crippen LogP contribution in [0, 0.1) is 19.3 Å². The number of nitrogens with zero attached hydrogens (tertiary/aromatic N) is 6. The number of rotatable bonds is 8. The van der Waals surface area contributed by atoms with Crippen molar-refractivity contribution in [2.24, 2.45) is 5.41 Å². The number of fused-ring (bicyclic) bond motifs is 3. The van der Waals surface area contributed by atoms with Gasteiger partial charge in [0.2, 0.25) is 11.8 Å². The van der Waals surface area contributed by atoms with Crippen molar-refractivity contribution in [3.8, 4) is 11.1 Å². The number of halogens is 3. The van der Waals surface area contributed by atoms with Gasteiger partial charge in [-0.05, 0) is 68.4 Å². The molecular weight excluding hydrogens is 639 g/mol. The molecule has 0 radical (unpaired) electrons. The van der Waals surface area contributed by atoms with Gasteiger partial charge in [0.1, 0.15) is 24.1 Å². The summed E-state index contributed by atoms with van der Waals surface area (Å²) in [4.78, 5) is 50.4. The number of piperidine rings is 1. The molecule has 14 heteroatoms. The molecule has 5 aromatic rings. The Hall–Kier alpha value is -5.11. The minimum atomic E-state index is -4.71. The molecule has 1 unspecified atom stereocenters. The van der Waals surface area contributed by atoms with Crippen molar-refractivity contribution in [2.45, 2.75) is 71.9 Å². The number of ketones is 1. The smallest absolute Gasteiger partial charge is 0.380 e. The fourth-order valence-electron chi connectivity index (χ4n) is 7.19. The van der Waals surface area contributed by atoms with Crippen LogP contribution < -0.4 is 5.32 Å². The zero-order chi connectivity index (χ0) is 35.0. The molecule has 0 bridgehead atoms. The summed E-state index contributed by atoms with van der Waals surface area (Å²) in [6, 6.07) is 6.69. The van der Waals surface area contributed by atoms with Crippen LogP contribution in [0.3, 0.4) is 0 Å². The van der Waals surface area contributed by atoms with Crippen LogP contribution in [0.1, 0.15) is 59.6 Å². The summed E-state index contributed by atoms with van der Waals surface area (Å²) in [5.74, 6) is -1.38. The quantitative estimate of drug-likeness (QED) is 0.208. The number of Topliss-reactive ketones (excluding diaryl/α,β-unsaturated/α-hetero) is 1. The lowest BCUT2D eigenvalue weighted by molar-refractivity contribution is -0.141. The Morgan fingerprint density at radius 1 is 1.08 bits per heavy atom. The van der Waals surface area contributed by atoms with Gasteiger partial charge in [-0.2, -0.15) is 18.3 Å². The predicted molar refractivity (Wildman–Crippen MR) is 174 cm³/mol. The summed E-state index contributed by atoms with van der Waals surface area (Å²) in [5, 5.41) is 7.70. The molecular formula is C35H34F3N7O4. The van der Waals surface area contributed by atoms with E-state index in [0.717, 1.165) is 34.1 Å². The van der Waals surface area contributed by atoms with E-state index < -0.39 is 23.8 Å². The van der Waals surface area contributed by atoms with Gasteiger partial charge in [-0.3, -0.25) is 14.4 Å². The van der Waals surface area contributed by atoms with E-state index in [4.69, 9.17) is 4.74 Å². The molecule has 1 aromatic carbocycles. The summed E-state index contributed by atoms with van der Waals surface area (Å²) < 4.78 is 49.0. The zero-order valence-electron chi connectivity index (χ0n) is 27.6. The largest absolute Gasteiger partial charge is 0.433 e. The van der Waals surface area contributed by atoms with E-state index in [1.54, 1.807) is 26.4 Å². The van der Waals surface area contributed by atoms with E-state index in [9.17, 15) is 27.6 Å². The lowest BCUT2D eigenvalue weighted by Gasteiger charge is -2.27. The maximum atomic E-state index is 14.1. The third-order valence-electron chi connectivity index (χ3n) is 9.65. The Labute approximate surface area is 279 Å². The number of amides is 2. The van der Waals surface area contributed by atoms with Crippen LogP contribution in [0.25, 0.3) is 27.7 Å². The van der Waals surface area contributed by atoms with Crippen LogP contribution in [0.4, 0.5) is 19.0 Å². The van der Waals surface area contributed by atoms with Gasteiger partial charge in [-0.25, -0.2) is 14.5 Å². The van der Waals surface area contributed by atoms with Gasteiger partial charge in [0.25, 0.3) is 0 Å². The average Bonchev–Trinajstić information content (AvgIpc) is 3.30. The molecule has 7 rings (SSSR count). The van der Waals surface area contributed by atoms with Gasteiger partial charge in [0, 0.05) is 59.9 Å². The third kappa shape index (κ3) is 5.73. The molecule has 49 heavy (non-hydrogen) atoms. The predicted octanol–water partition coefficient (Wildman–Crippen LogP) is 5.75. The van der Waals surface area contributed by atoms with Crippen LogP contribution in [0.15, 0.2) is 48.9 Å². The highest BCUT2D eigenvalue weighted by molar-refractivity contribution is 6.09. The van der Waals surface area contributed by atoms with E-state index in [1.165, 1.54) is 20.1 Å². The fourth-order valence-corrected chi connectivity index (χ4v) is 7.19. The van der Waals surface area contributed by atoms with E-state index in [0.29, 0.717) is 29.3 Å². The monoisotopic (exact) mass is 673 g/mol. The van der Waals surface area contributed by atoms with Crippen molar-refractivity contribution < 1.29 is 32.3 Å². The maximum absolute atomic E-state index is 14.1. The molecule has 1 saturated heterocycles. The van der Waals surface area contributed by atoms with E-state index in [2.05, 4.69) is 20.4 Å². The number of hydrogen-bond donors (Lipinski definition) is 1. The number of pyridine rings is 1. The van der Waals surface area contributed by atoms with Gasteiger partial charge < -0.3 is 19.5 Å². The number of carbonyl (C=O) groups is 3. The summed E-state index contributed by atoms with van der Waals surface area (Å²) in [6.07, 6.45) is 1.65. The molecule has 4 aromatic heterocycles. The molecule has 1 saturated carbocycles. The number of methoxy groups -OCH3 is 1. The van der Waals surface area contributed by atoms with Gasteiger partial charge in [-0.1, -0.05) is 13.0 Å². The first kappa shape index (κ1) is 32.4. The molecule has 1 aliphatic heterocycles. The maximum Gasteiger partial charge on any atom is 0.433 e. The highest BCUT2D eigenvalue weighted by Crippen LogP contribution is 2.59. The van der Waals surface area contributed by atoms with Crippen molar-refractivity contribution in [3.63, 3.8) is 0 Å². The number of aromatic nitrogens is 5. The van der Waals surface area contributed by atoms with E-state index in [1.807, 2.05) is 45.2 Å². The number of ether oxygens (including phenoxy) is 1. The van der Waals surface area contributed by atoms with E-state index in [-0.39, 0.29) is 47.7 Å². The van der Waals surface area contributed by atoms with Crippen LogP contribution >= 0.6 is 0 Å². The second-order valence-electron chi connectivity index (χ2n) is 13.4. The standard InChI is InChI=1S/C35H34F3N7O4/c1-18-8-22(23-13-39-29-9-19(2)42-44(29)14-23)10-24-25(20(3)46)15-43(31(18)24)16-30(47)45-26(11-34(4)12-28(34)45)33(48)41-32-21(17-49-5)6-7-27(40-32)35(36,37)38/h6-10,13-15,26,28H,11-12,16-17H2,1-5H3,(H,40,41,48)/t26-,28?,34-/m0/s1. The number of hydrogen-bond acceptors (Lipinski definition) is 7. The SMILES string of the molecule is COCc1ccc(C(F)(F)F)nc1NC(=O)[C@@H]1C[C@@]2(C)CC2N1C(=O)Cn1cc(C(C)=O)c2cc(-c3cnc4cc(C)nn4c3)cc(C)c21. The molecule has 254 valence electrons. The van der Waals surface area contributed by atoms with Gasteiger partial charge in [0.15, 0.2) is 11.4 Å². The summed E-state index contributed by atoms with van der Waals surface area (Å²) >= 11 is 0. The van der Waals surface area contributed by atoms with Gasteiger partial charge >= 0.3 is 6.18 Å². The molecule has 2 fully saturated rings. The van der Waals surface area contributed by atoms with Crippen molar-refractivity contribution in [1.29, 1.82) is 0 Å². The Morgan fingerprint density at radius 3 is 2.57 bits per heavy atom. The molecule has 2 aliphatic rings. The van der Waals surface area contributed by atoms with Crippen LogP contribution in [-0.4, -0.2) is 65.8 Å². The first-order valence-corrected chi connectivity index (χ1v) is 15.8. The van der Waals surface area contributed by atoms with Crippen LogP contribution in [0.2, 0.25) is 0 Å². The minimum Gasteiger partial charge on any atom is -0.380 e. The molecule has 5 heterocycles. The molecule has 0 spiro atoms. The number of aryl methyl sites for hydroxylation is 2. The van der Waals surface area contributed by atoms with Crippen LogP contribution in [-0.2, 0) is 33.7 Å². The van der Waals surface area contributed by atoms with Crippen molar-refractivity contribution in [1.82, 2.24) is 29.0 Å². The highest BCUT2D eigenvalue weighted by Gasteiger charge is 2.64. The number of nitrogens with one attached hydrogen (secondary N) is 1. The molecule has 1 N–H and O–H groups in total. The van der Waals surface area contributed by atoms with Crippen molar-refractivity contribution >= 4 is 40.0 Å². The van der Waals surface area contributed by atoms with Gasteiger partial charge in [0.05, 0.1) is 17.8 Å². The Morgan fingerprint density at radius 2 is 1.86 bits per heavy atom. The zero-order valence-corrected chi connectivity index (χ0v) is 27.6. The number of carbonyl (C=O) groups excluding carboxylic acids is 3. The first-order chi connectivity index (χ1) is 23.2.